The van der Waals surface area contributed by atoms with Gasteiger partial charge in [-0.2, -0.15) is 0 Å². The topological polar surface area (TPSA) is 101 Å². The Bertz CT molecular complexity index is 798. The number of hydrogen-bond acceptors (Lipinski definition) is 9. The third-order valence-corrected chi connectivity index (χ3v) is 6.13. The minimum atomic E-state index is -0.977. The number of carbonyl (C=O) groups excluding carboxylic acids is 3. The molecule has 0 radical (unpaired) electrons. The van der Waals surface area contributed by atoms with E-state index < -0.39 is 24.1 Å². The number of esters is 2. The van der Waals surface area contributed by atoms with Crippen LogP contribution in [0.1, 0.15) is 22.4 Å². The molecule has 28 heavy (non-hydrogen) atoms. The zero-order valence-electron chi connectivity index (χ0n) is 15.9. The molecule has 0 aliphatic carbocycles. The van der Waals surface area contributed by atoms with Crippen molar-refractivity contribution in [1.82, 2.24) is 4.90 Å². The van der Waals surface area contributed by atoms with Crippen LogP contribution in [0.5, 0.6) is 11.5 Å². The molecule has 3 atom stereocenters. The molecular weight excluding hydrogens is 390 g/mol. The predicted molar refractivity (Wildman–Crippen MR) is 98.5 cm³/mol. The molecule has 1 aromatic carbocycles. The van der Waals surface area contributed by atoms with Crippen LogP contribution in [0.15, 0.2) is 12.1 Å². The number of rotatable bonds is 6. The Balaban J connectivity index is 2.15. The van der Waals surface area contributed by atoms with Crippen molar-refractivity contribution in [2.45, 2.75) is 17.3 Å². The molecule has 0 bridgehead atoms. The van der Waals surface area contributed by atoms with Crippen LogP contribution in [0.2, 0.25) is 0 Å². The SMILES string of the molecule is COC(=O)CS[C@H]1c2cc(OC)c(OC)cc2[C@@H](C(=O)OC)N2C(=O)OC[C@H]12. The molecule has 1 aromatic rings. The van der Waals surface area contributed by atoms with Gasteiger partial charge in [0.15, 0.2) is 17.5 Å². The number of hydrogen-bond donors (Lipinski definition) is 0. The quantitative estimate of drug-likeness (QED) is 0.511. The van der Waals surface area contributed by atoms with E-state index in [9.17, 15) is 14.4 Å². The summed E-state index contributed by atoms with van der Waals surface area (Å²) in [6, 6.07) is 1.99. The van der Waals surface area contributed by atoms with Crippen LogP contribution in [0.4, 0.5) is 4.79 Å². The molecule has 0 saturated carbocycles. The monoisotopic (exact) mass is 411 g/mol. The van der Waals surface area contributed by atoms with Crippen LogP contribution in [0, 0.1) is 0 Å². The minimum absolute atomic E-state index is 0.0797. The Morgan fingerprint density at radius 2 is 1.75 bits per heavy atom. The van der Waals surface area contributed by atoms with E-state index >= 15 is 0 Å². The first-order valence-corrected chi connectivity index (χ1v) is 9.48. The van der Waals surface area contributed by atoms with Gasteiger partial charge in [0, 0.05) is 0 Å². The largest absolute Gasteiger partial charge is 0.493 e. The van der Waals surface area contributed by atoms with Gasteiger partial charge in [-0.05, 0) is 23.3 Å². The van der Waals surface area contributed by atoms with E-state index in [4.69, 9.17) is 23.7 Å². The van der Waals surface area contributed by atoms with E-state index in [1.54, 1.807) is 12.1 Å². The van der Waals surface area contributed by atoms with Crippen molar-refractivity contribution in [1.29, 1.82) is 0 Å². The molecule has 1 saturated heterocycles. The van der Waals surface area contributed by atoms with Crippen LogP contribution in [-0.4, -0.2) is 69.8 Å². The standard InChI is InChI=1S/C18H21NO8S/c1-23-12-5-9-10(6-13(12)24-2)16(28-8-14(20)25-3)11-7-27-18(22)19(11)15(9)17(21)26-4/h5-6,11,15-16H,7-8H2,1-4H3/t11-,15+,16+/m1/s1. The molecule has 9 nitrogen and oxygen atoms in total. The van der Waals surface area contributed by atoms with Gasteiger partial charge >= 0.3 is 18.0 Å². The number of amides is 1. The summed E-state index contributed by atoms with van der Waals surface area (Å²) in [4.78, 5) is 38.0. The summed E-state index contributed by atoms with van der Waals surface area (Å²) in [7, 11) is 5.57. The number of thioether (sulfide) groups is 1. The maximum Gasteiger partial charge on any atom is 0.411 e. The first kappa shape index (κ1) is 20.1. The van der Waals surface area contributed by atoms with Gasteiger partial charge < -0.3 is 23.7 Å². The highest BCUT2D eigenvalue weighted by atomic mass is 32.2. The molecule has 2 aliphatic rings. The normalized spacial score (nSPS) is 22.6. The lowest BCUT2D eigenvalue weighted by Gasteiger charge is -2.40. The van der Waals surface area contributed by atoms with Crippen LogP contribution >= 0.6 is 11.8 Å². The number of fused-ring (bicyclic) bond motifs is 2. The predicted octanol–water partition coefficient (Wildman–Crippen LogP) is 1.70. The van der Waals surface area contributed by atoms with Gasteiger partial charge in [0.25, 0.3) is 0 Å². The fourth-order valence-corrected chi connectivity index (χ4v) is 4.75. The number of benzene rings is 1. The molecule has 0 spiro atoms. The minimum Gasteiger partial charge on any atom is -0.493 e. The van der Waals surface area contributed by atoms with Gasteiger partial charge in [-0.1, -0.05) is 0 Å². The number of methoxy groups -OCH3 is 4. The maximum absolute atomic E-state index is 12.6. The molecule has 152 valence electrons. The van der Waals surface area contributed by atoms with Gasteiger partial charge in [0.05, 0.1) is 45.5 Å². The van der Waals surface area contributed by atoms with E-state index in [0.717, 1.165) is 5.56 Å². The van der Waals surface area contributed by atoms with Crippen molar-refractivity contribution in [3.63, 3.8) is 0 Å². The van der Waals surface area contributed by atoms with Crippen molar-refractivity contribution in [2.24, 2.45) is 0 Å². The second-order valence-electron chi connectivity index (χ2n) is 6.12. The smallest absolute Gasteiger partial charge is 0.411 e. The maximum atomic E-state index is 12.6. The van der Waals surface area contributed by atoms with Crippen molar-refractivity contribution < 1.29 is 38.1 Å². The third-order valence-electron chi connectivity index (χ3n) is 4.80. The summed E-state index contributed by atoms with van der Waals surface area (Å²) < 4.78 is 25.7. The van der Waals surface area contributed by atoms with Gasteiger partial charge in [-0.3, -0.25) is 9.69 Å². The lowest BCUT2D eigenvalue weighted by molar-refractivity contribution is -0.147. The Kier molecular flexibility index (Phi) is 5.87. The molecule has 0 N–H and O–H groups in total. The van der Waals surface area contributed by atoms with Gasteiger partial charge in [0.1, 0.15) is 6.61 Å². The Morgan fingerprint density at radius 3 is 2.32 bits per heavy atom. The van der Waals surface area contributed by atoms with Gasteiger partial charge in [-0.25, -0.2) is 9.59 Å². The lowest BCUT2D eigenvalue weighted by Crippen LogP contribution is -2.47. The van der Waals surface area contributed by atoms with E-state index in [0.29, 0.717) is 17.1 Å². The fourth-order valence-electron chi connectivity index (χ4n) is 3.50. The van der Waals surface area contributed by atoms with E-state index in [-0.39, 0.29) is 23.6 Å². The summed E-state index contributed by atoms with van der Waals surface area (Å²) in [6.07, 6.45) is -0.607. The van der Waals surface area contributed by atoms with Crippen LogP contribution in [-0.2, 0) is 23.8 Å². The number of carbonyl (C=O) groups is 3. The van der Waals surface area contributed by atoms with E-state index in [2.05, 4.69) is 0 Å². The van der Waals surface area contributed by atoms with Gasteiger partial charge in [-0.15, -0.1) is 11.8 Å². The van der Waals surface area contributed by atoms with Crippen molar-refractivity contribution in [3.8, 4) is 11.5 Å². The summed E-state index contributed by atoms with van der Waals surface area (Å²) in [6.45, 7) is 0.0962. The van der Waals surface area contributed by atoms with Crippen LogP contribution in [0.3, 0.4) is 0 Å². The second-order valence-corrected chi connectivity index (χ2v) is 7.25. The average molecular weight is 411 g/mol. The van der Waals surface area contributed by atoms with Gasteiger partial charge in [0.2, 0.25) is 0 Å². The van der Waals surface area contributed by atoms with Crippen LogP contribution < -0.4 is 9.47 Å². The molecule has 0 unspecified atom stereocenters. The highest BCUT2D eigenvalue weighted by molar-refractivity contribution is 8.00. The number of nitrogens with zero attached hydrogens (tertiary/aromatic N) is 1. The first-order chi connectivity index (χ1) is 13.5. The Labute approximate surface area is 166 Å². The summed E-state index contributed by atoms with van der Waals surface area (Å²) in [5, 5.41) is -0.332. The highest BCUT2D eigenvalue weighted by Gasteiger charge is 2.52. The molecule has 10 heteroatoms. The third kappa shape index (κ3) is 3.32. The van der Waals surface area contributed by atoms with Crippen LogP contribution in [0.25, 0.3) is 0 Å². The highest BCUT2D eigenvalue weighted by Crippen LogP contribution is 2.51. The van der Waals surface area contributed by atoms with Crippen molar-refractivity contribution >= 4 is 29.8 Å². The van der Waals surface area contributed by atoms with E-state index in [1.165, 1.54) is 45.1 Å². The molecule has 0 aromatic heterocycles. The summed E-state index contributed by atoms with van der Waals surface area (Å²) in [5.74, 6) is -0.00567. The molecule has 2 aliphatic heterocycles. The molecular formula is C18H21NO8S. The fraction of sp³-hybridized carbons (Fsp3) is 0.500. The average Bonchev–Trinajstić information content (AvgIpc) is 3.10. The zero-order chi connectivity index (χ0) is 20.4. The summed E-state index contributed by atoms with van der Waals surface area (Å²) >= 11 is 1.31. The molecule has 3 rings (SSSR count). The molecule has 2 heterocycles. The number of cyclic esters (lactones) is 1. The zero-order valence-corrected chi connectivity index (χ0v) is 16.7. The molecule has 1 amide bonds. The lowest BCUT2D eigenvalue weighted by atomic mass is 9.88. The molecule has 1 fully saturated rings. The Morgan fingerprint density at radius 1 is 1.11 bits per heavy atom. The van der Waals surface area contributed by atoms with Crippen molar-refractivity contribution in [3.05, 3.63) is 23.3 Å². The number of ether oxygens (including phenoxy) is 5. The summed E-state index contributed by atoms with van der Waals surface area (Å²) in [5.41, 5.74) is 1.29. The first-order valence-electron chi connectivity index (χ1n) is 8.43. The van der Waals surface area contributed by atoms with E-state index in [1.807, 2.05) is 0 Å². The Hall–Kier alpha value is -2.62. The second kappa shape index (κ2) is 8.17. The van der Waals surface area contributed by atoms with Crippen molar-refractivity contribution in [2.75, 3.05) is 40.8 Å².